The summed E-state index contributed by atoms with van der Waals surface area (Å²) in [5.74, 6) is -0.663. The van der Waals surface area contributed by atoms with Crippen molar-refractivity contribution in [2.24, 2.45) is 0 Å². The van der Waals surface area contributed by atoms with Gasteiger partial charge in [0, 0.05) is 18.8 Å². The largest absolute Gasteiger partial charge is 0.479 e. The second-order valence-electron chi connectivity index (χ2n) is 3.77. The zero-order valence-electron chi connectivity index (χ0n) is 9.35. The SMILES string of the molecule is O=C(O)C1CN(c2cc([N+](=O)[O-])ccn2)CCO1. The lowest BCUT2D eigenvalue weighted by Crippen LogP contribution is -2.46. The van der Waals surface area contributed by atoms with Crippen molar-refractivity contribution in [3.63, 3.8) is 0 Å². The second kappa shape index (κ2) is 4.96. The van der Waals surface area contributed by atoms with Crippen molar-refractivity contribution in [1.29, 1.82) is 0 Å². The van der Waals surface area contributed by atoms with Crippen molar-refractivity contribution in [3.05, 3.63) is 28.4 Å². The van der Waals surface area contributed by atoms with E-state index in [0.29, 0.717) is 12.4 Å². The van der Waals surface area contributed by atoms with Crippen molar-refractivity contribution in [2.45, 2.75) is 6.10 Å². The summed E-state index contributed by atoms with van der Waals surface area (Å²) >= 11 is 0. The van der Waals surface area contributed by atoms with Gasteiger partial charge in [-0.05, 0) is 0 Å². The average Bonchev–Trinajstić information content (AvgIpc) is 2.39. The number of hydrogen-bond acceptors (Lipinski definition) is 6. The maximum atomic E-state index is 10.8. The number of anilines is 1. The minimum atomic E-state index is -1.05. The van der Waals surface area contributed by atoms with Gasteiger partial charge in [-0.2, -0.15) is 0 Å². The molecule has 8 nitrogen and oxygen atoms in total. The Labute approximate surface area is 102 Å². The first-order valence-corrected chi connectivity index (χ1v) is 5.28. The van der Waals surface area contributed by atoms with Crippen LogP contribution in [0.3, 0.4) is 0 Å². The molecule has 0 amide bonds. The molecule has 1 aliphatic rings. The molecule has 8 heteroatoms. The van der Waals surface area contributed by atoms with Gasteiger partial charge in [0.2, 0.25) is 0 Å². The Morgan fingerprint density at radius 3 is 3.11 bits per heavy atom. The maximum absolute atomic E-state index is 10.8. The molecule has 0 aromatic carbocycles. The zero-order valence-corrected chi connectivity index (χ0v) is 9.35. The Morgan fingerprint density at radius 1 is 1.67 bits per heavy atom. The van der Waals surface area contributed by atoms with Crippen LogP contribution in [0.25, 0.3) is 0 Å². The van der Waals surface area contributed by atoms with Crippen LogP contribution in [0.5, 0.6) is 0 Å². The quantitative estimate of drug-likeness (QED) is 0.609. The highest BCUT2D eigenvalue weighted by Gasteiger charge is 2.27. The van der Waals surface area contributed by atoms with Crippen LogP contribution in [0.2, 0.25) is 0 Å². The molecule has 0 spiro atoms. The molecule has 18 heavy (non-hydrogen) atoms. The van der Waals surface area contributed by atoms with E-state index in [2.05, 4.69) is 4.98 Å². The number of hydrogen-bond donors (Lipinski definition) is 1. The predicted molar refractivity (Wildman–Crippen MR) is 60.5 cm³/mol. The third kappa shape index (κ3) is 2.54. The first-order chi connectivity index (χ1) is 8.58. The van der Waals surface area contributed by atoms with Gasteiger partial charge in [0.25, 0.3) is 5.69 Å². The smallest absolute Gasteiger partial charge is 0.334 e. The maximum Gasteiger partial charge on any atom is 0.334 e. The molecule has 1 aliphatic heterocycles. The number of carbonyl (C=O) groups is 1. The predicted octanol–water partition coefficient (Wildman–Crippen LogP) is 0.280. The van der Waals surface area contributed by atoms with Gasteiger partial charge in [0.15, 0.2) is 6.10 Å². The van der Waals surface area contributed by atoms with Gasteiger partial charge in [-0.25, -0.2) is 9.78 Å². The topological polar surface area (TPSA) is 106 Å². The van der Waals surface area contributed by atoms with Gasteiger partial charge in [0.1, 0.15) is 5.82 Å². The number of nitrogens with zero attached hydrogens (tertiary/aromatic N) is 3. The summed E-state index contributed by atoms with van der Waals surface area (Å²) in [6.07, 6.45) is 0.401. The van der Waals surface area contributed by atoms with Gasteiger partial charge < -0.3 is 14.7 Å². The molecule has 96 valence electrons. The van der Waals surface area contributed by atoms with E-state index in [9.17, 15) is 14.9 Å². The van der Waals surface area contributed by atoms with E-state index in [-0.39, 0.29) is 18.8 Å². The van der Waals surface area contributed by atoms with Crippen LogP contribution in [0.4, 0.5) is 11.5 Å². The molecule has 1 unspecified atom stereocenters. The van der Waals surface area contributed by atoms with Gasteiger partial charge in [0.05, 0.1) is 24.1 Å². The van der Waals surface area contributed by atoms with Crippen LogP contribution in [0, 0.1) is 10.1 Å². The number of pyridine rings is 1. The van der Waals surface area contributed by atoms with E-state index in [1.165, 1.54) is 18.3 Å². The Balaban J connectivity index is 2.18. The summed E-state index contributed by atoms with van der Waals surface area (Å²) in [6, 6.07) is 2.61. The van der Waals surface area contributed by atoms with Crippen LogP contribution in [0.1, 0.15) is 0 Å². The van der Waals surface area contributed by atoms with E-state index in [4.69, 9.17) is 9.84 Å². The number of morpholine rings is 1. The first-order valence-electron chi connectivity index (χ1n) is 5.28. The molecule has 1 aromatic rings. The number of carboxylic acids is 1. The van der Waals surface area contributed by atoms with Crippen LogP contribution >= 0.6 is 0 Å². The van der Waals surface area contributed by atoms with Crippen LogP contribution < -0.4 is 4.90 Å². The van der Waals surface area contributed by atoms with Crippen LogP contribution in [0.15, 0.2) is 18.3 Å². The van der Waals surface area contributed by atoms with Crippen molar-refractivity contribution < 1.29 is 19.6 Å². The highest BCUT2D eigenvalue weighted by Crippen LogP contribution is 2.20. The van der Waals surface area contributed by atoms with E-state index in [1.807, 2.05) is 0 Å². The molecule has 0 radical (unpaired) electrons. The first kappa shape index (κ1) is 12.2. The Kier molecular flexibility index (Phi) is 3.38. The molecule has 0 bridgehead atoms. The molecular formula is C10H11N3O5. The van der Waals surface area contributed by atoms with Gasteiger partial charge in [-0.3, -0.25) is 10.1 Å². The summed E-state index contributed by atoms with van der Waals surface area (Å²) in [7, 11) is 0. The molecule has 1 N–H and O–H groups in total. The summed E-state index contributed by atoms with van der Waals surface area (Å²) in [5, 5.41) is 19.5. The highest BCUT2D eigenvalue weighted by atomic mass is 16.6. The van der Waals surface area contributed by atoms with Gasteiger partial charge in [-0.1, -0.05) is 0 Å². The van der Waals surface area contributed by atoms with E-state index in [1.54, 1.807) is 4.90 Å². The molecule has 1 saturated heterocycles. The summed E-state index contributed by atoms with van der Waals surface area (Å²) in [4.78, 5) is 26.6. The number of rotatable bonds is 3. The Hall–Kier alpha value is -2.22. The summed E-state index contributed by atoms with van der Waals surface area (Å²) in [6.45, 7) is 0.836. The summed E-state index contributed by atoms with van der Waals surface area (Å²) < 4.78 is 5.07. The number of aliphatic carboxylic acids is 1. The number of nitro groups is 1. The average molecular weight is 253 g/mol. The second-order valence-corrected chi connectivity index (χ2v) is 3.77. The highest BCUT2D eigenvalue weighted by molar-refractivity contribution is 5.73. The Bertz CT molecular complexity index is 478. The third-order valence-corrected chi connectivity index (χ3v) is 2.61. The third-order valence-electron chi connectivity index (χ3n) is 2.61. The fourth-order valence-electron chi connectivity index (χ4n) is 1.70. The van der Waals surface area contributed by atoms with Crippen molar-refractivity contribution in [1.82, 2.24) is 4.98 Å². The minimum Gasteiger partial charge on any atom is -0.479 e. The lowest BCUT2D eigenvalue weighted by Gasteiger charge is -2.31. The molecule has 1 atom stereocenters. The van der Waals surface area contributed by atoms with Crippen molar-refractivity contribution in [3.8, 4) is 0 Å². The molecule has 0 aliphatic carbocycles. The molecule has 2 heterocycles. The number of ether oxygens (including phenoxy) is 1. The molecule has 1 aromatic heterocycles. The van der Waals surface area contributed by atoms with E-state index in [0.717, 1.165) is 0 Å². The number of carboxylic acid groups (broad SMARTS) is 1. The summed E-state index contributed by atoms with van der Waals surface area (Å²) in [5.41, 5.74) is -0.0710. The van der Waals surface area contributed by atoms with Crippen LogP contribution in [-0.4, -0.2) is 46.8 Å². The van der Waals surface area contributed by atoms with Crippen molar-refractivity contribution in [2.75, 3.05) is 24.6 Å². The number of aromatic nitrogens is 1. The molecule has 0 saturated carbocycles. The van der Waals surface area contributed by atoms with Gasteiger partial charge in [-0.15, -0.1) is 0 Å². The monoisotopic (exact) mass is 253 g/mol. The van der Waals surface area contributed by atoms with E-state index >= 15 is 0 Å². The van der Waals surface area contributed by atoms with E-state index < -0.39 is 17.0 Å². The lowest BCUT2D eigenvalue weighted by atomic mass is 10.2. The fourth-order valence-corrected chi connectivity index (χ4v) is 1.70. The molecular weight excluding hydrogens is 242 g/mol. The Morgan fingerprint density at radius 2 is 2.44 bits per heavy atom. The fraction of sp³-hybridized carbons (Fsp3) is 0.400. The standard InChI is InChI=1S/C10H11N3O5/c14-10(15)8-6-12(3-4-18-8)9-5-7(13(16)17)1-2-11-9/h1-2,5,8H,3-4,6H2,(H,14,15). The van der Waals surface area contributed by atoms with Crippen molar-refractivity contribution >= 4 is 17.5 Å². The normalized spacial score (nSPS) is 19.6. The molecule has 2 rings (SSSR count). The zero-order chi connectivity index (χ0) is 13.1. The van der Waals surface area contributed by atoms with Crippen LogP contribution in [-0.2, 0) is 9.53 Å². The lowest BCUT2D eigenvalue weighted by molar-refractivity contribution is -0.384. The van der Waals surface area contributed by atoms with Gasteiger partial charge >= 0.3 is 5.97 Å². The molecule has 1 fully saturated rings. The minimum absolute atomic E-state index is 0.0710.